The molecule has 2 fully saturated rings. The van der Waals surface area contributed by atoms with Crippen LogP contribution in [0.1, 0.15) is 25.7 Å². The molecule has 2 aliphatic heterocycles. The molecule has 2 amide bonds. The van der Waals surface area contributed by atoms with E-state index in [1.165, 1.54) is 16.4 Å². The predicted octanol–water partition coefficient (Wildman–Crippen LogP) is 0.694. The number of benzene rings is 1. The van der Waals surface area contributed by atoms with Crippen molar-refractivity contribution < 1.29 is 27.6 Å². The Kier molecular flexibility index (Phi) is 4.87. The zero-order chi connectivity index (χ0) is 18.0. The molecule has 0 radical (unpaired) electrons. The van der Waals surface area contributed by atoms with Gasteiger partial charge in [-0.3, -0.25) is 9.59 Å². The minimum absolute atomic E-state index is 0.0191. The molecule has 0 saturated carbocycles. The molecule has 1 unspecified atom stereocenters. The van der Waals surface area contributed by atoms with Gasteiger partial charge in [0.1, 0.15) is 0 Å². The van der Waals surface area contributed by atoms with Crippen molar-refractivity contribution in [2.45, 2.75) is 30.6 Å². The summed E-state index contributed by atoms with van der Waals surface area (Å²) >= 11 is 0. The third-order valence-electron chi connectivity index (χ3n) is 4.29. The Morgan fingerprint density at radius 2 is 1.72 bits per heavy atom. The van der Waals surface area contributed by atoms with Crippen LogP contribution in [0.25, 0.3) is 0 Å². The first kappa shape index (κ1) is 17.6. The van der Waals surface area contributed by atoms with Crippen molar-refractivity contribution in [1.82, 2.24) is 9.37 Å². The Bertz CT molecular complexity index is 776. The van der Waals surface area contributed by atoms with Gasteiger partial charge in [0.05, 0.1) is 10.8 Å². The Morgan fingerprint density at radius 1 is 1.08 bits per heavy atom. The van der Waals surface area contributed by atoms with Crippen LogP contribution in [0.4, 0.5) is 0 Å². The number of sulfonamides is 1. The van der Waals surface area contributed by atoms with Crippen LogP contribution in [-0.2, 0) is 29.2 Å². The van der Waals surface area contributed by atoms with Gasteiger partial charge in [0.2, 0.25) is 10.0 Å². The van der Waals surface area contributed by atoms with Gasteiger partial charge in [0.15, 0.2) is 0 Å². The van der Waals surface area contributed by atoms with E-state index in [1.54, 1.807) is 18.2 Å². The summed E-state index contributed by atoms with van der Waals surface area (Å²) < 4.78 is 26.6. The van der Waals surface area contributed by atoms with Gasteiger partial charge >= 0.3 is 5.97 Å². The van der Waals surface area contributed by atoms with E-state index in [0.717, 1.165) is 0 Å². The molecule has 2 heterocycles. The maximum Gasteiger partial charge on any atom is 0.337 e. The van der Waals surface area contributed by atoms with Crippen molar-refractivity contribution in [3.05, 3.63) is 30.3 Å². The van der Waals surface area contributed by atoms with E-state index >= 15 is 0 Å². The molecule has 1 aromatic carbocycles. The number of amides is 2. The molecule has 2 aliphatic rings. The highest BCUT2D eigenvalue weighted by molar-refractivity contribution is 7.89. The van der Waals surface area contributed by atoms with Gasteiger partial charge < -0.3 is 4.84 Å². The summed E-state index contributed by atoms with van der Waals surface area (Å²) in [5.74, 6) is -2.57. The van der Waals surface area contributed by atoms with E-state index in [9.17, 15) is 22.8 Å². The van der Waals surface area contributed by atoms with Crippen molar-refractivity contribution in [3.63, 3.8) is 0 Å². The van der Waals surface area contributed by atoms with E-state index in [1.807, 2.05) is 0 Å². The number of imide groups is 1. The second kappa shape index (κ2) is 6.93. The van der Waals surface area contributed by atoms with Crippen LogP contribution in [0.15, 0.2) is 35.2 Å². The molecule has 0 aromatic heterocycles. The second-order valence-electron chi connectivity index (χ2n) is 6.01. The lowest BCUT2D eigenvalue weighted by Crippen LogP contribution is -2.44. The molecule has 3 rings (SSSR count). The fraction of sp³-hybridized carbons (Fsp3) is 0.438. The van der Waals surface area contributed by atoms with Crippen molar-refractivity contribution >= 4 is 27.8 Å². The maximum atomic E-state index is 12.7. The molecule has 25 heavy (non-hydrogen) atoms. The molecule has 9 heteroatoms. The lowest BCUT2D eigenvalue weighted by Gasteiger charge is -2.31. The number of carbonyl (C=O) groups is 3. The Morgan fingerprint density at radius 3 is 2.36 bits per heavy atom. The number of rotatable bonds is 4. The molecule has 0 bridgehead atoms. The van der Waals surface area contributed by atoms with Gasteiger partial charge in [-0.05, 0) is 25.0 Å². The van der Waals surface area contributed by atoms with E-state index in [4.69, 9.17) is 4.84 Å². The quantitative estimate of drug-likeness (QED) is 0.727. The number of hydrogen-bond donors (Lipinski definition) is 0. The van der Waals surface area contributed by atoms with Gasteiger partial charge in [-0.25, -0.2) is 13.2 Å². The van der Waals surface area contributed by atoms with Crippen LogP contribution in [0, 0.1) is 5.92 Å². The lowest BCUT2D eigenvalue weighted by molar-refractivity contribution is -0.201. The maximum absolute atomic E-state index is 12.7. The average molecular weight is 366 g/mol. The van der Waals surface area contributed by atoms with Crippen molar-refractivity contribution in [2.75, 3.05) is 13.1 Å². The largest absolute Gasteiger partial charge is 0.337 e. The SMILES string of the molecule is O=C(ON1C(=O)CCC1=O)C1CCCN(S(=O)(=O)c2ccccc2)C1. The molecule has 8 nitrogen and oxygen atoms in total. The van der Waals surface area contributed by atoms with E-state index in [0.29, 0.717) is 24.4 Å². The molecule has 0 N–H and O–H groups in total. The summed E-state index contributed by atoms with van der Waals surface area (Å²) in [6.07, 6.45) is 0.972. The zero-order valence-electron chi connectivity index (χ0n) is 13.5. The number of hydrogen-bond acceptors (Lipinski definition) is 6. The first-order chi connectivity index (χ1) is 11.9. The fourth-order valence-electron chi connectivity index (χ4n) is 2.92. The first-order valence-corrected chi connectivity index (χ1v) is 9.46. The average Bonchev–Trinajstić information content (AvgIpc) is 2.94. The molecule has 134 valence electrons. The molecule has 1 aromatic rings. The van der Waals surface area contributed by atoms with Crippen LogP contribution in [0.5, 0.6) is 0 Å². The van der Waals surface area contributed by atoms with Gasteiger partial charge in [-0.2, -0.15) is 4.31 Å². The van der Waals surface area contributed by atoms with Crippen LogP contribution >= 0.6 is 0 Å². The van der Waals surface area contributed by atoms with Gasteiger partial charge in [0.25, 0.3) is 11.8 Å². The third kappa shape index (κ3) is 3.57. The number of carbonyl (C=O) groups excluding carboxylic acids is 3. The predicted molar refractivity (Wildman–Crippen MR) is 85.1 cm³/mol. The summed E-state index contributed by atoms with van der Waals surface area (Å²) in [6, 6.07) is 7.98. The van der Waals surface area contributed by atoms with Crippen LogP contribution in [-0.4, -0.2) is 48.7 Å². The smallest absolute Gasteiger partial charge is 0.330 e. The minimum Gasteiger partial charge on any atom is -0.330 e. The highest BCUT2D eigenvalue weighted by Crippen LogP contribution is 2.25. The third-order valence-corrected chi connectivity index (χ3v) is 6.16. The number of nitrogens with zero attached hydrogens (tertiary/aromatic N) is 2. The Hall–Kier alpha value is -2.26. The van der Waals surface area contributed by atoms with Gasteiger partial charge in [-0.1, -0.05) is 18.2 Å². The lowest BCUT2D eigenvalue weighted by atomic mass is 10.0. The van der Waals surface area contributed by atoms with Gasteiger partial charge in [-0.15, -0.1) is 5.06 Å². The fourth-order valence-corrected chi connectivity index (χ4v) is 4.46. The minimum atomic E-state index is -3.70. The monoisotopic (exact) mass is 366 g/mol. The summed E-state index contributed by atoms with van der Waals surface area (Å²) in [5, 5.41) is 0.493. The van der Waals surface area contributed by atoms with Crippen molar-refractivity contribution in [3.8, 4) is 0 Å². The zero-order valence-corrected chi connectivity index (χ0v) is 14.3. The summed E-state index contributed by atoms with van der Waals surface area (Å²) in [6.45, 7) is 0.273. The molecule has 1 atom stereocenters. The van der Waals surface area contributed by atoms with E-state index in [2.05, 4.69) is 0 Å². The summed E-state index contributed by atoms with van der Waals surface area (Å²) in [7, 11) is -3.70. The molecule has 0 spiro atoms. The van der Waals surface area contributed by atoms with Gasteiger partial charge in [0, 0.05) is 25.9 Å². The molecular formula is C16H18N2O6S. The van der Waals surface area contributed by atoms with Crippen LogP contribution in [0.2, 0.25) is 0 Å². The van der Waals surface area contributed by atoms with Crippen molar-refractivity contribution in [1.29, 1.82) is 0 Å². The van der Waals surface area contributed by atoms with Crippen molar-refractivity contribution in [2.24, 2.45) is 5.92 Å². The second-order valence-corrected chi connectivity index (χ2v) is 7.95. The topological polar surface area (TPSA) is 101 Å². The van der Waals surface area contributed by atoms with Crippen LogP contribution < -0.4 is 0 Å². The molecule has 2 saturated heterocycles. The Balaban J connectivity index is 1.70. The van der Waals surface area contributed by atoms with E-state index in [-0.39, 0.29) is 24.3 Å². The summed E-state index contributed by atoms with van der Waals surface area (Å²) in [4.78, 5) is 40.4. The van der Waals surface area contributed by atoms with E-state index < -0.39 is 33.7 Å². The highest BCUT2D eigenvalue weighted by Gasteiger charge is 2.38. The molecular weight excluding hydrogens is 348 g/mol. The number of hydroxylamine groups is 2. The first-order valence-electron chi connectivity index (χ1n) is 8.02. The Labute approximate surface area is 145 Å². The summed E-state index contributed by atoms with van der Waals surface area (Å²) in [5.41, 5.74) is 0. The standard InChI is InChI=1S/C16H18N2O6S/c19-14-8-9-15(20)18(14)24-16(21)12-5-4-10-17(11-12)25(22,23)13-6-2-1-3-7-13/h1-3,6-7,12H,4-5,8-11H2. The highest BCUT2D eigenvalue weighted by atomic mass is 32.2. The van der Waals surface area contributed by atoms with Crippen LogP contribution in [0.3, 0.4) is 0 Å². The molecule has 0 aliphatic carbocycles. The normalized spacial score (nSPS) is 22.2. The number of piperidine rings is 1.